The van der Waals surface area contributed by atoms with Gasteiger partial charge in [0.1, 0.15) is 52.3 Å². The van der Waals surface area contributed by atoms with Gasteiger partial charge >= 0.3 is 26.3 Å². The van der Waals surface area contributed by atoms with Crippen LogP contribution in [0.5, 0.6) is 0 Å². The van der Waals surface area contributed by atoms with Crippen molar-refractivity contribution in [1.82, 2.24) is 0 Å². The molecule has 0 atom stereocenters. The third-order valence-corrected chi connectivity index (χ3v) is 10.9. The average Bonchev–Trinajstić information content (AvgIpc) is 3.63. The lowest BCUT2D eigenvalue weighted by Gasteiger charge is -2.45. The molecule has 0 spiro atoms. The summed E-state index contributed by atoms with van der Waals surface area (Å²) in [5.41, 5.74) is -27.4. The van der Waals surface area contributed by atoms with E-state index < -0.39 is 167 Å². The van der Waals surface area contributed by atoms with Crippen LogP contribution in [0.25, 0.3) is 25.7 Å². The fraction of sp³-hybridized carbons (Fsp3) is 0.0625. The summed E-state index contributed by atoms with van der Waals surface area (Å²) in [6, 6.07) is 2.05. The molecule has 0 saturated carbocycles. The molecule has 0 heterocycles. The molecule has 26 heteroatoms. The van der Waals surface area contributed by atoms with E-state index in [2.05, 4.69) is 14.5 Å². The lowest BCUT2D eigenvalue weighted by atomic mass is 9.93. The van der Waals surface area contributed by atoms with Gasteiger partial charge in [-0.15, -0.1) is 0 Å². The largest absolute Gasteiger partial charge is 0.523 e. The van der Waals surface area contributed by atoms with Gasteiger partial charge in [-0.25, -0.2) is 40.0 Å². The highest BCUT2D eigenvalue weighted by atomic mass is 32.5. The van der Waals surface area contributed by atoms with E-state index in [0.29, 0.717) is 6.07 Å². The summed E-state index contributed by atoms with van der Waals surface area (Å²) in [4.78, 5) is -1.24. The third-order valence-electron chi connectivity index (χ3n) is 8.42. The topological polar surface area (TPSA) is 84.5 Å². The van der Waals surface area contributed by atoms with E-state index >= 15 is 56.4 Å². The number of rotatable bonds is 4. The van der Waals surface area contributed by atoms with E-state index in [1.807, 2.05) is 0 Å². The highest BCUT2D eigenvalue weighted by Gasteiger charge is 2.72. The number of allylic oxidation sites excluding steroid dienone is 3. The van der Waals surface area contributed by atoms with Crippen molar-refractivity contribution in [3.63, 3.8) is 0 Å². The lowest BCUT2D eigenvalue weighted by molar-refractivity contribution is 0.352. The molecule has 5 rings (SSSR count). The summed E-state index contributed by atoms with van der Waals surface area (Å²) in [6.45, 7) is 21.0. The molecule has 0 radical (unpaired) electrons. The second-order valence-electron chi connectivity index (χ2n) is 11.7. The van der Waals surface area contributed by atoms with Crippen LogP contribution in [0, 0.1) is 100 Å². The Hall–Kier alpha value is -6.74. The molecule has 0 aromatic heterocycles. The van der Waals surface area contributed by atoms with Gasteiger partial charge in [-0.1, -0.05) is 38.9 Å². The monoisotopic (exact) mass is 878 g/mol. The van der Waals surface area contributed by atoms with Crippen LogP contribution in [0.2, 0.25) is 0 Å². The molecule has 0 N–H and O–H groups in total. The normalized spacial score (nSPS) is 15.9. The van der Waals surface area contributed by atoms with Crippen molar-refractivity contribution in [3.8, 4) is 18.2 Å². The maximum absolute atomic E-state index is 15.6. The minimum atomic E-state index is -12.2. The number of halogens is 18. The quantitative estimate of drug-likeness (QED) is 0.113. The van der Waals surface area contributed by atoms with Crippen molar-refractivity contribution >= 4 is 37.3 Å². The Morgan fingerprint density at radius 3 is 1.17 bits per heavy atom. The Morgan fingerprint density at radius 1 is 0.517 bits per heavy atom. The predicted molar refractivity (Wildman–Crippen MR) is 163 cm³/mol. The average molecular weight is 879 g/mol. The van der Waals surface area contributed by atoms with Gasteiger partial charge in [0.05, 0.1) is 23.3 Å². The van der Waals surface area contributed by atoms with Gasteiger partial charge in [0.2, 0.25) is 0 Å². The molecule has 3 aromatic carbocycles. The summed E-state index contributed by atoms with van der Waals surface area (Å²) in [6.07, 6.45) is -5.17. The Kier molecular flexibility index (Phi) is 8.36. The number of hydrogen-bond acceptors (Lipinski definition) is 3. The first-order chi connectivity index (χ1) is 26.2. The molecule has 0 unspecified atom stereocenters. The van der Waals surface area contributed by atoms with Crippen LogP contribution in [0.3, 0.4) is 0 Å². The van der Waals surface area contributed by atoms with Crippen LogP contribution in [0.15, 0.2) is 32.3 Å². The molecule has 2 aliphatic carbocycles. The second kappa shape index (κ2) is 11.4. The first kappa shape index (κ1) is 42.4. The molecule has 58 heavy (non-hydrogen) atoms. The van der Waals surface area contributed by atoms with Gasteiger partial charge in [0, 0.05) is 22.4 Å². The number of hydrogen-bond donors (Lipinski definition) is 0. The Labute approximate surface area is 309 Å². The zero-order valence-corrected chi connectivity index (χ0v) is 28.4. The molecular weight excluding hydrogens is 874 g/mol. The summed E-state index contributed by atoms with van der Waals surface area (Å²) in [7, 11) is -24.5. The van der Waals surface area contributed by atoms with E-state index in [1.165, 1.54) is 0 Å². The van der Waals surface area contributed by atoms with Crippen molar-refractivity contribution < 1.29 is 74.0 Å². The van der Waals surface area contributed by atoms with Gasteiger partial charge in [0.25, 0.3) is 5.69 Å². The van der Waals surface area contributed by atoms with Crippen LogP contribution in [0.4, 0.5) is 79.7 Å². The van der Waals surface area contributed by atoms with Crippen LogP contribution < -0.4 is 10.4 Å². The summed E-state index contributed by atoms with van der Waals surface area (Å²) in [5.74, 6) is -25.9. The number of benzene rings is 3. The minimum Gasteiger partial charge on any atom is -0.232 e. The van der Waals surface area contributed by atoms with Crippen LogP contribution in [-0.2, 0) is 12.8 Å². The number of fused-ring (bicyclic) bond motifs is 2. The zero-order chi connectivity index (χ0) is 44.3. The highest BCUT2D eigenvalue weighted by molar-refractivity contribution is 8.46. The first-order valence-electron chi connectivity index (χ1n) is 14.1. The Morgan fingerprint density at radius 2 is 0.862 bits per heavy atom. The summed E-state index contributed by atoms with van der Waals surface area (Å²) >= 11 is 0. The van der Waals surface area contributed by atoms with Gasteiger partial charge in [0.15, 0.2) is 46.5 Å². The molecule has 0 bridgehead atoms. The predicted octanol–water partition coefficient (Wildman–Crippen LogP) is 11.4. The standard InChI is InChI=1S/C32H4F18N6S2/c1-54-29-27(39)25(37)20(26(38)28(29)40)16-13(32(55-2)56-3)5-12-18(16)30(57(41,42,43,44)45)11-4-10(9(6-51)7-52)15(17(11)31(12)58(46,47,48,49)50)19-23(35)21(33)14(8-53)22(34)24(19)36/h4-5H2. The van der Waals surface area contributed by atoms with Crippen molar-refractivity contribution in [2.45, 2.75) is 22.6 Å². The minimum absolute atomic E-state index is 0.550. The van der Waals surface area contributed by atoms with E-state index in [4.69, 9.17) is 25.0 Å². The first-order valence-corrected chi connectivity index (χ1v) is 18.0. The van der Waals surface area contributed by atoms with Crippen LogP contribution in [-0.4, -0.2) is 0 Å². The smallest absolute Gasteiger partial charge is 0.232 e. The SMILES string of the molecule is [C-]#[N+]C([N+]#[C-])=C1Cc2c(S(F)(F)(F)(F)F)c3c(c(S(F)(F)(F)(F)F)c2=C1c1c(F)c(F)c([N+]#[C-])c(F)c1F)CC(=C(C#N)C#N)C=3c1c(F)c(F)c(C#N)c(F)c1F. The summed E-state index contributed by atoms with van der Waals surface area (Å²) in [5, 5.41) is 21.6. The van der Waals surface area contributed by atoms with Crippen LogP contribution in [0.1, 0.15) is 27.8 Å². The Bertz CT molecular complexity index is 2760. The molecule has 300 valence electrons. The molecule has 0 saturated heterocycles. The maximum atomic E-state index is 15.6. The van der Waals surface area contributed by atoms with Crippen molar-refractivity contribution in [2.75, 3.05) is 0 Å². The number of nitriles is 3. The molecule has 0 fully saturated rings. The third kappa shape index (κ3) is 6.09. The van der Waals surface area contributed by atoms with Crippen LogP contribution >= 0.6 is 20.4 Å². The van der Waals surface area contributed by atoms with E-state index in [-0.39, 0.29) is 0 Å². The zero-order valence-electron chi connectivity index (χ0n) is 26.7. The van der Waals surface area contributed by atoms with Gasteiger partial charge in [-0.2, -0.15) is 25.5 Å². The van der Waals surface area contributed by atoms with Crippen molar-refractivity contribution in [1.29, 1.82) is 15.8 Å². The second-order valence-corrected chi connectivity index (χ2v) is 16.4. The van der Waals surface area contributed by atoms with Crippen molar-refractivity contribution in [3.05, 3.63) is 142 Å². The van der Waals surface area contributed by atoms with Gasteiger partial charge in [-0.3, -0.25) is 0 Å². The molecule has 6 nitrogen and oxygen atoms in total. The number of nitrogens with zero attached hydrogens (tertiary/aromatic N) is 6. The molecule has 0 amide bonds. The van der Waals surface area contributed by atoms with Gasteiger partial charge < -0.3 is 0 Å². The summed E-state index contributed by atoms with van der Waals surface area (Å²) < 4.78 is 277. The van der Waals surface area contributed by atoms with Gasteiger partial charge in [-0.05, 0) is 28.7 Å². The molecule has 3 aromatic rings. The molecular formula is C32H4F18N6S2. The van der Waals surface area contributed by atoms with E-state index in [1.54, 1.807) is 0 Å². The van der Waals surface area contributed by atoms with Crippen molar-refractivity contribution in [2.24, 2.45) is 0 Å². The lowest BCUT2D eigenvalue weighted by Crippen LogP contribution is -2.35. The molecule has 0 aliphatic heterocycles. The highest BCUT2D eigenvalue weighted by Crippen LogP contribution is 3.04. The molecule has 2 aliphatic rings. The fourth-order valence-electron chi connectivity index (χ4n) is 6.52. The van der Waals surface area contributed by atoms with E-state index in [9.17, 15) is 28.1 Å². The fourth-order valence-corrected chi connectivity index (χ4v) is 9.02. The van der Waals surface area contributed by atoms with E-state index in [0.717, 1.165) is 12.1 Å². The maximum Gasteiger partial charge on any atom is 0.523 e. The Balaban J connectivity index is 2.48.